The highest BCUT2D eigenvalue weighted by molar-refractivity contribution is 7.87. The highest BCUT2D eigenvalue weighted by atomic mass is 32.2. The Hall–Kier alpha value is -0.210. The van der Waals surface area contributed by atoms with Gasteiger partial charge in [-0.15, -0.1) is 0 Å². The van der Waals surface area contributed by atoms with Crippen molar-refractivity contribution in [1.29, 1.82) is 0 Å². The van der Waals surface area contributed by atoms with Gasteiger partial charge in [0.1, 0.15) is 0 Å². The zero-order valence-corrected chi connectivity index (χ0v) is 12.6. The fraction of sp³-hybridized carbons (Fsp3) is 1.00. The van der Waals surface area contributed by atoms with Crippen molar-refractivity contribution in [2.24, 2.45) is 0 Å². The van der Waals surface area contributed by atoms with Gasteiger partial charge < -0.3 is 10.1 Å². The third-order valence-corrected chi connectivity index (χ3v) is 4.05. The molecule has 0 bridgehead atoms. The number of hydrogen-bond acceptors (Lipinski definition) is 4. The lowest BCUT2D eigenvalue weighted by molar-refractivity contribution is 0.195. The maximum absolute atomic E-state index is 11.8. The van der Waals surface area contributed by atoms with Gasteiger partial charge in [-0.1, -0.05) is 6.92 Å². The minimum absolute atomic E-state index is 0.411. The van der Waals surface area contributed by atoms with E-state index < -0.39 is 10.2 Å². The molecule has 0 heterocycles. The maximum atomic E-state index is 11.8. The fourth-order valence-corrected chi connectivity index (χ4v) is 2.37. The maximum Gasteiger partial charge on any atom is 0.279 e. The normalized spacial score (nSPS) is 12.2. The summed E-state index contributed by atoms with van der Waals surface area (Å²) in [6.07, 6.45) is 2.59. The first-order valence-corrected chi connectivity index (χ1v) is 7.89. The molecule has 0 aromatic heterocycles. The van der Waals surface area contributed by atoms with Gasteiger partial charge in [0.2, 0.25) is 0 Å². The second kappa shape index (κ2) is 10.7. The van der Waals surface area contributed by atoms with E-state index in [0.29, 0.717) is 26.1 Å². The lowest BCUT2D eigenvalue weighted by Crippen LogP contribution is -2.40. The van der Waals surface area contributed by atoms with E-state index in [4.69, 9.17) is 4.74 Å². The highest BCUT2D eigenvalue weighted by Crippen LogP contribution is 1.95. The van der Waals surface area contributed by atoms with Crippen LogP contribution in [-0.2, 0) is 14.9 Å². The van der Waals surface area contributed by atoms with Crippen molar-refractivity contribution >= 4 is 10.2 Å². The van der Waals surface area contributed by atoms with Gasteiger partial charge in [-0.05, 0) is 32.4 Å². The summed E-state index contributed by atoms with van der Waals surface area (Å²) in [5.74, 6) is 0. The van der Waals surface area contributed by atoms with Crippen LogP contribution >= 0.6 is 0 Å². The number of rotatable bonds is 12. The molecule has 18 heavy (non-hydrogen) atoms. The number of methoxy groups -OCH3 is 1. The molecule has 0 rings (SSSR count). The molecule has 0 aliphatic heterocycles. The highest BCUT2D eigenvalue weighted by Gasteiger charge is 2.15. The van der Waals surface area contributed by atoms with Crippen molar-refractivity contribution < 1.29 is 13.2 Å². The van der Waals surface area contributed by atoms with Crippen LogP contribution in [0.5, 0.6) is 0 Å². The standard InChI is InChI=1S/C11H27N3O3S/c1-4-7-12-8-5-10-14(2)18(15,16)13-9-6-11-17-3/h12-13H,4-11H2,1-3H3. The second-order valence-corrected chi connectivity index (χ2v) is 6.03. The minimum Gasteiger partial charge on any atom is -0.385 e. The third-order valence-electron chi connectivity index (χ3n) is 2.47. The molecule has 0 saturated heterocycles. The smallest absolute Gasteiger partial charge is 0.279 e. The van der Waals surface area contributed by atoms with Crippen molar-refractivity contribution in [3.63, 3.8) is 0 Å². The Morgan fingerprint density at radius 2 is 1.89 bits per heavy atom. The second-order valence-electron chi connectivity index (χ2n) is 4.17. The van der Waals surface area contributed by atoms with Crippen LogP contribution in [0.1, 0.15) is 26.2 Å². The molecule has 0 spiro atoms. The van der Waals surface area contributed by atoms with Crippen molar-refractivity contribution in [2.75, 3.05) is 46.9 Å². The Balaban J connectivity index is 3.74. The molecule has 0 aromatic rings. The Morgan fingerprint density at radius 1 is 1.17 bits per heavy atom. The molecule has 0 unspecified atom stereocenters. The van der Waals surface area contributed by atoms with Crippen LogP contribution in [0, 0.1) is 0 Å². The van der Waals surface area contributed by atoms with Crippen LogP contribution in [0.2, 0.25) is 0 Å². The van der Waals surface area contributed by atoms with Gasteiger partial charge >= 0.3 is 0 Å². The van der Waals surface area contributed by atoms with Gasteiger partial charge in [-0.25, -0.2) is 4.72 Å². The topological polar surface area (TPSA) is 70.7 Å². The van der Waals surface area contributed by atoms with Crippen LogP contribution in [0.3, 0.4) is 0 Å². The predicted molar refractivity (Wildman–Crippen MR) is 73.8 cm³/mol. The van der Waals surface area contributed by atoms with Crippen LogP contribution in [0.4, 0.5) is 0 Å². The molecule has 0 amide bonds. The van der Waals surface area contributed by atoms with Gasteiger partial charge in [0, 0.05) is 33.9 Å². The summed E-state index contributed by atoms with van der Waals surface area (Å²) >= 11 is 0. The van der Waals surface area contributed by atoms with E-state index in [1.165, 1.54) is 4.31 Å². The summed E-state index contributed by atoms with van der Waals surface area (Å²) in [7, 11) is -0.137. The molecule has 2 N–H and O–H groups in total. The molecule has 0 saturated carbocycles. The zero-order valence-electron chi connectivity index (χ0n) is 11.7. The summed E-state index contributed by atoms with van der Waals surface area (Å²) in [6, 6.07) is 0. The summed E-state index contributed by atoms with van der Waals surface area (Å²) in [6.45, 7) is 5.43. The van der Waals surface area contributed by atoms with Crippen LogP contribution in [0.25, 0.3) is 0 Å². The van der Waals surface area contributed by atoms with Gasteiger partial charge in [0.15, 0.2) is 0 Å². The Bertz CT molecular complexity index is 283. The first-order chi connectivity index (χ1) is 8.54. The number of hydrogen-bond donors (Lipinski definition) is 2. The summed E-state index contributed by atoms with van der Waals surface area (Å²) in [4.78, 5) is 0. The molecule has 0 radical (unpaired) electrons. The van der Waals surface area contributed by atoms with Crippen molar-refractivity contribution in [1.82, 2.24) is 14.3 Å². The SMILES string of the molecule is CCCNCCCN(C)S(=O)(=O)NCCCOC. The molecular formula is C11H27N3O3S. The van der Waals surface area contributed by atoms with E-state index in [-0.39, 0.29) is 0 Å². The Kier molecular flexibility index (Phi) is 10.6. The first-order valence-electron chi connectivity index (χ1n) is 6.45. The molecular weight excluding hydrogens is 254 g/mol. The van der Waals surface area contributed by atoms with Crippen LogP contribution < -0.4 is 10.0 Å². The van der Waals surface area contributed by atoms with Crippen LogP contribution in [-0.4, -0.2) is 59.7 Å². The predicted octanol–water partition coefficient (Wildman–Crippen LogP) is 0.179. The Morgan fingerprint density at radius 3 is 2.50 bits per heavy atom. The van der Waals surface area contributed by atoms with E-state index >= 15 is 0 Å². The number of nitrogens with zero attached hydrogens (tertiary/aromatic N) is 1. The van der Waals surface area contributed by atoms with Gasteiger partial charge in [-0.3, -0.25) is 0 Å². The summed E-state index contributed by atoms with van der Waals surface area (Å²) in [5, 5.41) is 3.24. The van der Waals surface area contributed by atoms with Crippen LogP contribution in [0.15, 0.2) is 0 Å². The number of nitrogens with one attached hydrogen (secondary N) is 2. The first kappa shape index (κ1) is 17.8. The van der Waals surface area contributed by atoms with E-state index in [0.717, 1.165) is 25.9 Å². The van der Waals surface area contributed by atoms with E-state index in [9.17, 15) is 8.42 Å². The van der Waals surface area contributed by atoms with Gasteiger partial charge in [-0.2, -0.15) is 12.7 Å². The van der Waals surface area contributed by atoms with E-state index in [1.54, 1.807) is 14.2 Å². The quantitative estimate of drug-likeness (QED) is 0.501. The van der Waals surface area contributed by atoms with Gasteiger partial charge in [0.05, 0.1) is 0 Å². The zero-order chi connectivity index (χ0) is 13.9. The molecule has 7 heteroatoms. The van der Waals surface area contributed by atoms with Crippen molar-refractivity contribution in [3.8, 4) is 0 Å². The van der Waals surface area contributed by atoms with Crippen molar-refractivity contribution in [2.45, 2.75) is 26.2 Å². The lowest BCUT2D eigenvalue weighted by Gasteiger charge is -2.17. The monoisotopic (exact) mass is 281 g/mol. The Labute approximate surface area is 111 Å². The number of ether oxygens (including phenoxy) is 1. The fourth-order valence-electron chi connectivity index (χ4n) is 1.38. The van der Waals surface area contributed by atoms with E-state index in [1.807, 2.05) is 0 Å². The van der Waals surface area contributed by atoms with E-state index in [2.05, 4.69) is 17.0 Å². The molecule has 0 aliphatic rings. The molecule has 0 aliphatic carbocycles. The lowest BCUT2D eigenvalue weighted by atomic mass is 10.4. The van der Waals surface area contributed by atoms with Gasteiger partial charge in [0.25, 0.3) is 10.2 Å². The largest absolute Gasteiger partial charge is 0.385 e. The minimum atomic E-state index is -3.33. The molecule has 0 atom stereocenters. The average molecular weight is 281 g/mol. The van der Waals surface area contributed by atoms with Crippen molar-refractivity contribution in [3.05, 3.63) is 0 Å². The summed E-state index contributed by atoms with van der Waals surface area (Å²) < 4.78 is 32.3. The average Bonchev–Trinajstić information content (AvgIpc) is 2.34. The molecule has 6 nitrogen and oxygen atoms in total. The summed E-state index contributed by atoms with van der Waals surface area (Å²) in [5.41, 5.74) is 0. The molecule has 0 fully saturated rings. The third kappa shape index (κ3) is 8.82. The molecule has 0 aromatic carbocycles. The molecule has 110 valence electrons.